The molecule has 24 heavy (non-hydrogen) atoms. The molecule has 1 aliphatic carbocycles. The van der Waals surface area contributed by atoms with E-state index in [-0.39, 0.29) is 11.9 Å². The molecule has 128 valence electrons. The highest BCUT2D eigenvalue weighted by atomic mass is 16.5. The summed E-state index contributed by atoms with van der Waals surface area (Å²) in [5.41, 5.74) is 2.57. The Bertz CT molecular complexity index is 733. The number of likely N-dealkylation sites (tertiary alicyclic amines) is 1. The first-order valence-electron chi connectivity index (χ1n) is 8.59. The highest BCUT2D eigenvalue weighted by Crippen LogP contribution is 2.40. The molecule has 0 aromatic carbocycles. The van der Waals surface area contributed by atoms with Gasteiger partial charge < -0.3 is 14.8 Å². The molecule has 1 amide bonds. The number of nitrogens with one attached hydrogen (secondary N) is 2. The number of hydrogen-bond donors (Lipinski definition) is 2. The Morgan fingerprint density at radius 2 is 2.29 bits per heavy atom. The van der Waals surface area contributed by atoms with Crippen LogP contribution in [-0.2, 0) is 6.54 Å². The quantitative estimate of drug-likeness (QED) is 0.874. The van der Waals surface area contributed by atoms with Crippen LogP contribution in [-0.4, -0.2) is 45.1 Å². The fourth-order valence-corrected chi connectivity index (χ4v) is 3.36. The number of nitrogens with zero attached hydrogens (tertiary/aromatic N) is 3. The zero-order valence-corrected chi connectivity index (χ0v) is 14.1. The molecule has 1 saturated carbocycles. The maximum absolute atomic E-state index is 12.4. The second kappa shape index (κ2) is 6.05. The van der Waals surface area contributed by atoms with Crippen molar-refractivity contribution in [3.8, 4) is 0 Å². The topological polar surface area (TPSA) is 87.0 Å². The smallest absolute Gasteiger partial charge is 0.273 e. The number of H-pyrrole nitrogens is 1. The number of rotatable bonds is 5. The normalized spacial score (nSPS) is 24.4. The second-order valence-electron chi connectivity index (χ2n) is 7.11. The largest absolute Gasteiger partial charge is 0.360 e. The van der Waals surface area contributed by atoms with E-state index < -0.39 is 0 Å². The number of amides is 1. The first-order valence-corrected chi connectivity index (χ1v) is 8.59. The molecular formula is C17H23N5O2. The molecule has 0 unspecified atom stereocenters. The first kappa shape index (κ1) is 15.4. The predicted octanol–water partition coefficient (Wildman–Crippen LogP) is 1.83. The summed E-state index contributed by atoms with van der Waals surface area (Å²) in [4.78, 5) is 22.2. The number of aryl methyl sites for hydroxylation is 1. The van der Waals surface area contributed by atoms with E-state index >= 15 is 0 Å². The lowest BCUT2D eigenvalue weighted by atomic mass is 10.1. The molecule has 7 heteroatoms. The molecule has 2 atom stereocenters. The minimum absolute atomic E-state index is 0.127. The molecule has 0 spiro atoms. The van der Waals surface area contributed by atoms with Crippen molar-refractivity contribution in [1.29, 1.82) is 0 Å². The summed E-state index contributed by atoms with van der Waals surface area (Å²) >= 11 is 0. The number of hydrogen-bond acceptors (Lipinski definition) is 5. The third-order valence-corrected chi connectivity index (χ3v) is 5.06. The third-order valence-electron chi connectivity index (χ3n) is 5.06. The van der Waals surface area contributed by atoms with Gasteiger partial charge in [-0.1, -0.05) is 12.1 Å². The molecule has 2 aromatic heterocycles. The van der Waals surface area contributed by atoms with Gasteiger partial charge in [-0.2, -0.15) is 0 Å². The fourth-order valence-electron chi connectivity index (χ4n) is 3.36. The minimum atomic E-state index is -0.137. The monoisotopic (exact) mass is 329 g/mol. The number of imidazole rings is 1. The Morgan fingerprint density at radius 3 is 3.00 bits per heavy atom. The van der Waals surface area contributed by atoms with Crippen LogP contribution in [0, 0.1) is 12.8 Å². The van der Waals surface area contributed by atoms with Crippen molar-refractivity contribution in [2.75, 3.05) is 13.1 Å². The molecule has 3 heterocycles. The summed E-state index contributed by atoms with van der Waals surface area (Å²) in [5, 5.41) is 7.03. The maximum atomic E-state index is 12.4. The van der Waals surface area contributed by atoms with Crippen molar-refractivity contribution in [2.24, 2.45) is 5.92 Å². The van der Waals surface area contributed by atoms with Gasteiger partial charge in [0.1, 0.15) is 5.76 Å². The van der Waals surface area contributed by atoms with E-state index in [1.54, 1.807) is 12.4 Å². The Kier molecular flexibility index (Phi) is 3.88. The van der Waals surface area contributed by atoms with Gasteiger partial charge in [0, 0.05) is 37.7 Å². The van der Waals surface area contributed by atoms with Crippen molar-refractivity contribution in [1.82, 2.24) is 25.3 Å². The van der Waals surface area contributed by atoms with E-state index in [2.05, 4.69) is 32.3 Å². The SMILES string of the molecule is Cc1nc[nH]c1CN1C[C@H](NC(=O)c2cc(C3CC3)on2)[C@@H](C)C1. The van der Waals surface area contributed by atoms with Crippen LogP contribution in [0.2, 0.25) is 0 Å². The van der Waals surface area contributed by atoms with E-state index in [0.717, 1.165) is 49.6 Å². The van der Waals surface area contributed by atoms with Crippen molar-refractivity contribution in [3.05, 3.63) is 35.2 Å². The van der Waals surface area contributed by atoms with Crippen LogP contribution in [0.25, 0.3) is 0 Å². The fraction of sp³-hybridized carbons (Fsp3) is 0.588. The van der Waals surface area contributed by atoms with Crippen LogP contribution in [0.15, 0.2) is 16.9 Å². The standard InChI is InChI=1S/C17H23N5O2/c1-10-6-22(8-15-11(2)18-9-19-15)7-14(10)20-17(23)13-5-16(24-21-13)12-3-4-12/h5,9-10,12,14H,3-4,6-8H2,1-2H3,(H,18,19)(H,20,23)/t10-,14-/m0/s1. The molecule has 2 fully saturated rings. The summed E-state index contributed by atoms with van der Waals surface area (Å²) in [7, 11) is 0. The molecule has 7 nitrogen and oxygen atoms in total. The average molecular weight is 329 g/mol. The lowest BCUT2D eigenvalue weighted by Gasteiger charge is -2.16. The average Bonchev–Trinajstić information content (AvgIpc) is 2.98. The maximum Gasteiger partial charge on any atom is 0.273 e. The Morgan fingerprint density at radius 1 is 1.46 bits per heavy atom. The number of carbonyl (C=O) groups is 1. The lowest BCUT2D eigenvalue weighted by Crippen LogP contribution is -2.40. The third kappa shape index (κ3) is 3.08. The summed E-state index contributed by atoms with van der Waals surface area (Å²) in [6, 6.07) is 1.92. The van der Waals surface area contributed by atoms with Crippen LogP contribution in [0.1, 0.15) is 53.3 Å². The molecule has 1 aliphatic heterocycles. The molecule has 0 radical (unpaired) electrons. The van der Waals surface area contributed by atoms with Crippen molar-refractivity contribution < 1.29 is 9.32 Å². The van der Waals surface area contributed by atoms with Gasteiger partial charge >= 0.3 is 0 Å². The van der Waals surface area contributed by atoms with E-state index in [1.165, 1.54) is 0 Å². The van der Waals surface area contributed by atoms with Gasteiger partial charge in [0.25, 0.3) is 5.91 Å². The van der Waals surface area contributed by atoms with E-state index in [0.29, 0.717) is 17.5 Å². The Hall–Kier alpha value is -2.15. The lowest BCUT2D eigenvalue weighted by molar-refractivity contribution is 0.0922. The second-order valence-corrected chi connectivity index (χ2v) is 7.11. The van der Waals surface area contributed by atoms with Gasteiger partial charge in [0.2, 0.25) is 0 Å². The number of carbonyl (C=O) groups excluding carboxylic acids is 1. The Balaban J connectivity index is 1.35. The molecule has 2 aromatic rings. The van der Waals surface area contributed by atoms with Crippen LogP contribution in [0.3, 0.4) is 0 Å². The number of aromatic nitrogens is 3. The molecular weight excluding hydrogens is 306 g/mol. The summed E-state index contributed by atoms with van der Waals surface area (Å²) in [6.45, 7) is 6.79. The van der Waals surface area contributed by atoms with Gasteiger partial charge in [-0.05, 0) is 25.7 Å². The highest BCUT2D eigenvalue weighted by molar-refractivity contribution is 5.92. The molecule has 0 bridgehead atoms. The summed E-state index contributed by atoms with van der Waals surface area (Å²) < 4.78 is 5.27. The van der Waals surface area contributed by atoms with Crippen molar-refractivity contribution in [2.45, 2.75) is 45.2 Å². The van der Waals surface area contributed by atoms with Crippen molar-refractivity contribution in [3.63, 3.8) is 0 Å². The molecule has 2 N–H and O–H groups in total. The van der Waals surface area contributed by atoms with Gasteiger partial charge in [-0.15, -0.1) is 0 Å². The summed E-state index contributed by atoms with van der Waals surface area (Å²) in [5.74, 6) is 1.57. The highest BCUT2D eigenvalue weighted by Gasteiger charge is 2.33. The number of aromatic amines is 1. The van der Waals surface area contributed by atoms with E-state index in [9.17, 15) is 4.79 Å². The van der Waals surface area contributed by atoms with Gasteiger partial charge in [0.05, 0.1) is 17.7 Å². The van der Waals surface area contributed by atoms with E-state index in [1.807, 2.05) is 6.92 Å². The van der Waals surface area contributed by atoms with Crippen LogP contribution in [0.5, 0.6) is 0 Å². The zero-order valence-electron chi connectivity index (χ0n) is 14.1. The van der Waals surface area contributed by atoms with Crippen LogP contribution >= 0.6 is 0 Å². The summed E-state index contributed by atoms with van der Waals surface area (Å²) in [6.07, 6.45) is 4.00. The minimum Gasteiger partial charge on any atom is -0.360 e. The molecule has 2 aliphatic rings. The zero-order chi connectivity index (χ0) is 16.7. The van der Waals surface area contributed by atoms with Crippen LogP contribution < -0.4 is 5.32 Å². The molecule has 4 rings (SSSR count). The van der Waals surface area contributed by atoms with Crippen molar-refractivity contribution >= 4 is 5.91 Å². The van der Waals surface area contributed by atoms with Crippen LogP contribution in [0.4, 0.5) is 0 Å². The predicted molar refractivity (Wildman–Crippen MR) is 87.5 cm³/mol. The Labute approximate surface area is 140 Å². The molecule has 1 saturated heterocycles. The van der Waals surface area contributed by atoms with E-state index in [4.69, 9.17) is 4.52 Å². The first-order chi connectivity index (χ1) is 11.6. The van der Waals surface area contributed by atoms with Gasteiger partial charge in [-0.25, -0.2) is 4.98 Å². The van der Waals surface area contributed by atoms with Gasteiger partial charge in [-0.3, -0.25) is 9.69 Å². The van der Waals surface area contributed by atoms with Gasteiger partial charge in [0.15, 0.2) is 5.69 Å².